The lowest BCUT2D eigenvalue weighted by atomic mass is 9.86. The quantitative estimate of drug-likeness (QED) is 0.424. The lowest BCUT2D eigenvalue weighted by Crippen LogP contribution is -2.41. The fraction of sp³-hybridized carbons (Fsp3) is 0.625. The number of ketones is 1. The van der Waals surface area contributed by atoms with E-state index in [0.717, 1.165) is 18.4 Å². The van der Waals surface area contributed by atoms with Gasteiger partial charge in [-0.25, -0.2) is 4.79 Å². The number of allylic oxidation sites excluding steroid dienone is 1. The molecule has 1 aliphatic carbocycles. The standard InChI is InChI=1S/C16H21ClO4/c1-9-6-5-7-10(2)14(18)13(17)12-11(3)15(19)21-16(12,8-9)20-4/h6,10,13H,5,7-8H2,1-4H3/b9-6+/t10-,13+,16-/m1/s1. The largest absolute Gasteiger partial charge is 0.425 e. The SMILES string of the molecule is CO[C@@]12C/C(C)=C/CC[C@@H](C)C(=O)[C@@H](Cl)C1=C(C)C(=O)O2. The molecule has 0 aromatic rings. The molecule has 0 fully saturated rings. The van der Waals surface area contributed by atoms with Gasteiger partial charge in [0.1, 0.15) is 5.38 Å². The van der Waals surface area contributed by atoms with Crippen LogP contribution in [0.4, 0.5) is 0 Å². The Labute approximate surface area is 130 Å². The van der Waals surface area contributed by atoms with Crippen molar-refractivity contribution < 1.29 is 19.1 Å². The van der Waals surface area contributed by atoms with E-state index >= 15 is 0 Å². The number of fused-ring (bicyclic) bond motifs is 1. The third-order valence-corrected chi connectivity index (χ3v) is 4.73. The maximum Gasteiger partial charge on any atom is 0.336 e. The summed E-state index contributed by atoms with van der Waals surface area (Å²) in [5.41, 5.74) is 1.90. The number of carbonyl (C=O) groups excluding carboxylic acids is 2. The van der Waals surface area contributed by atoms with E-state index in [1.165, 1.54) is 7.11 Å². The van der Waals surface area contributed by atoms with Gasteiger partial charge in [0.15, 0.2) is 5.78 Å². The van der Waals surface area contributed by atoms with Crippen LogP contribution in [0.3, 0.4) is 0 Å². The molecule has 1 aliphatic heterocycles. The van der Waals surface area contributed by atoms with Crippen LogP contribution in [-0.4, -0.2) is 30.0 Å². The Morgan fingerprint density at radius 1 is 1.38 bits per heavy atom. The van der Waals surface area contributed by atoms with Crippen LogP contribution in [0, 0.1) is 5.92 Å². The zero-order valence-corrected chi connectivity index (χ0v) is 13.6. The van der Waals surface area contributed by atoms with E-state index in [2.05, 4.69) is 6.08 Å². The van der Waals surface area contributed by atoms with E-state index in [4.69, 9.17) is 21.1 Å². The third kappa shape index (κ3) is 2.79. The second-order valence-electron chi connectivity index (χ2n) is 5.86. The maximum absolute atomic E-state index is 12.5. The van der Waals surface area contributed by atoms with Crippen molar-refractivity contribution in [3.8, 4) is 0 Å². The monoisotopic (exact) mass is 312 g/mol. The van der Waals surface area contributed by atoms with Gasteiger partial charge < -0.3 is 9.47 Å². The number of alkyl halides is 1. The highest BCUT2D eigenvalue weighted by Crippen LogP contribution is 2.43. The molecule has 5 heteroatoms. The van der Waals surface area contributed by atoms with E-state index in [1.54, 1.807) is 6.92 Å². The van der Waals surface area contributed by atoms with Gasteiger partial charge in [-0.3, -0.25) is 4.79 Å². The predicted octanol–water partition coefficient (Wildman–Crippen LogP) is 3.15. The maximum atomic E-state index is 12.5. The third-order valence-electron chi connectivity index (χ3n) is 4.30. The van der Waals surface area contributed by atoms with Gasteiger partial charge in [0.2, 0.25) is 5.79 Å². The van der Waals surface area contributed by atoms with Crippen LogP contribution >= 0.6 is 11.6 Å². The number of rotatable bonds is 1. The molecule has 0 amide bonds. The van der Waals surface area contributed by atoms with Crippen LogP contribution in [0.1, 0.15) is 40.0 Å². The molecule has 0 aromatic carbocycles. The molecule has 116 valence electrons. The fourth-order valence-corrected chi connectivity index (χ4v) is 3.51. The van der Waals surface area contributed by atoms with Gasteiger partial charge in [-0.2, -0.15) is 0 Å². The Morgan fingerprint density at radius 2 is 2.05 bits per heavy atom. The summed E-state index contributed by atoms with van der Waals surface area (Å²) >= 11 is 6.40. The molecule has 2 aliphatic rings. The first-order chi connectivity index (χ1) is 9.82. The number of hydrogen-bond acceptors (Lipinski definition) is 4. The molecule has 0 saturated heterocycles. The van der Waals surface area contributed by atoms with Gasteiger partial charge in [-0.05, 0) is 26.7 Å². The first-order valence-electron chi connectivity index (χ1n) is 7.15. The second kappa shape index (κ2) is 5.93. The van der Waals surface area contributed by atoms with Crippen molar-refractivity contribution in [1.29, 1.82) is 0 Å². The Bertz CT molecular complexity index is 534. The minimum absolute atomic E-state index is 0.0845. The average molecular weight is 313 g/mol. The minimum atomic E-state index is -1.25. The first kappa shape index (κ1) is 16.2. The first-order valence-corrected chi connectivity index (χ1v) is 7.59. The molecule has 0 radical (unpaired) electrons. The predicted molar refractivity (Wildman–Crippen MR) is 80.0 cm³/mol. The van der Waals surface area contributed by atoms with Gasteiger partial charge >= 0.3 is 5.97 Å². The van der Waals surface area contributed by atoms with Crippen molar-refractivity contribution in [2.75, 3.05) is 7.11 Å². The van der Waals surface area contributed by atoms with Crippen molar-refractivity contribution in [3.63, 3.8) is 0 Å². The highest BCUT2D eigenvalue weighted by atomic mass is 35.5. The van der Waals surface area contributed by atoms with E-state index in [-0.39, 0.29) is 11.7 Å². The minimum Gasteiger partial charge on any atom is -0.425 e. The van der Waals surface area contributed by atoms with Crippen molar-refractivity contribution in [2.45, 2.75) is 51.2 Å². The van der Waals surface area contributed by atoms with E-state index in [1.807, 2.05) is 13.8 Å². The lowest BCUT2D eigenvalue weighted by molar-refractivity contribution is -0.192. The Hall–Kier alpha value is -1.13. The smallest absolute Gasteiger partial charge is 0.336 e. The molecular formula is C16H21ClO4. The number of carbonyl (C=O) groups is 2. The highest BCUT2D eigenvalue weighted by Gasteiger charge is 2.51. The molecule has 0 N–H and O–H groups in total. The molecule has 0 bridgehead atoms. The van der Waals surface area contributed by atoms with E-state index < -0.39 is 17.1 Å². The van der Waals surface area contributed by atoms with E-state index in [9.17, 15) is 9.59 Å². The van der Waals surface area contributed by atoms with Crippen molar-refractivity contribution in [1.82, 2.24) is 0 Å². The molecular weight excluding hydrogens is 292 g/mol. The zero-order chi connectivity index (χ0) is 15.8. The summed E-state index contributed by atoms with van der Waals surface area (Å²) in [6.45, 7) is 5.47. The molecule has 2 rings (SSSR count). The van der Waals surface area contributed by atoms with Gasteiger partial charge in [-0.1, -0.05) is 18.6 Å². The van der Waals surface area contributed by atoms with Crippen LogP contribution in [0.25, 0.3) is 0 Å². The van der Waals surface area contributed by atoms with Crippen molar-refractivity contribution >= 4 is 23.4 Å². The topological polar surface area (TPSA) is 52.6 Å². The molecule has 0 aromatic heterocycles. The van der Waals surface area contributed by atoms with Crippen molar-refractivity contribution in [2.24, 2.45) is 5.92 Å². The Morgan fingerprint density at radius 3 is 2.67 bits per heavy atom. The number of hydrogen-bond donors (Lipinski definition) is 0. The van der Waals surface area contributed by atoms with Gasteiger partial charge in [-0.15, -0.1) is 11.6 Å². The summed E-state index contributed by atoms with van der Waals surface area (Å²) in [5, 5.41) is -0.891. The molecule has 4 nitrogen and oxygen atoms in total. The van der Waals surface area contributed by atoms with Crippen LogP contribution in [0.15, 0.2) is 22.8 Å². The number of halogens is 1. The Kier molecular flexibility index (Phi) is 4.59. The summed E-state index contributed by atoms with van der Waals surface area (Å²) in [5.74, 6) is -1.97. The number of Topliss-reactive ketones (excluding diaryl/α,β-unsaturated/α-hetero) is 1. The average Bonchev–Trinajstić information content (AvgIpc) is 2.68. The zero-order valence-electron chi connectivity index (χ0n) is 12.9. The van der Waals surface area contributed by atoms with E-state index in [0.29, 0.717) is 17.6 Å². The number of methoxy groups -OCH3 is 1. The van der Waals surface area contributed by atoms with Gasteiger partial charge in [0.25, 0.3) is 0 Å². The van der Waals surface area contributed by atoms with Crippen molar-refractivity contribution in [3.05, 3.63) is 22.8 Å². The number of ether oxygens (including phenoxy) is 2. The summed E-state index contributed by atoms with van der Waals surface area (Å²) < 4.78 is 11.0. The van der Waals surface area contributed by atoms with Crippen LogP contribution in [0.5, 0.6) is 0 Å². The lowest BCUT2D eigenvalue weighted by Gasteiger charge is -2.32. The van der Waals surface area contributed by atoms with Gasteiger partial charge in [0.05, 0.1) is 0 Å². The molecule has 0 saturated carbocycles. The summed E-state index contributed by atoms with van der Waals surface area (Å²) in [4.78, 5) is 24.5. The van der Waals surface area contributed by atoms with Crippen LogP contribution in [0.2, 0.25) is 0 Å². The van der Waals surface area contributed by atoms with Crippen LogP contribution in [-0.2, 0) is 19.1 Å². The normalized spacial score (nSPS) is 36.9. The molecule has 0 unspecified atom stereocenters. The molecule has 1 heterocycles. The molecule has 0 spiro atoms. The fourth-order valence-electron chi connectivity index (χ4n) is 2.97. The highest BCUT2D eigenvalue weighted by molar-refractivity contribution is 6.34. The summed E-state index contributed by atoms with van der Waals surface area (Å²) in [6, 6.07) is 0. The Balaban J connectivity index is 2.57. The molecule has 3 atom stereocenters. The van der Waals surface area contributed by atoms with Crippen LogP contribution < -0.4 is 0 Å². The summed E-state index contributed by atoms with van der Waals surface area (Å²) in [7, 11) is 1.47. The molecule has 21 heavy (non-hydrogen) atoms. The second-order valence-corrected chi connectivity index (χ2v) is 6.29. The van der Waals surface area contributed by atoms with Gasteiger partial charge in [0, 0.05) is 30.6 Å². The summed E-state index contributed by atoms with van der Waals surface area (Å²) in [6.07, 6.45) is 4.01. The number of esters is 1.